The molecule has 1 saturated carbocycles. The van der Waals surface area contributed by atoms with E-state index >= 15 is 0 Å². The van der Waals surface area contributed by atoms with Gasteiger partial charge in [-0.2, -0.15) is 0 Å². The molecule has 8 nitrogen and oxygen atoms in total. The Morgan fingerprint density at radius 3 is 2.24 bits per heavy atom. The molecule has 0 amide bonds. The maximum atomic E-state index is 13.1. The lowest BCUT2D eigenvalue weighted by Crippen LogP contribution is -2.33. The third kappa shape index (κ3) is 4.01. The van der Waals surface area contributed by atoms with Crippen LogP contribution in [0.5, 0.6) is 0 Å². The number of hydrogen-bond donors (Lipinski definition) is 1. The molecule has 0 spiro atoms. The zero-order valence-electron chi connectivity index (χ0n) is 16.7. The van der Waals surface area contributed by atoms with Gasteiger partial charge in [0, 0.05) is 23.0 Å². The predicted octanol–water partition coefficient (Wildman–Crippen LogP) is 3.49. The summed E-state index contributed by atoms with van der Waals surface area (Å²) in [7, 11) is 1.24. The van der Waals surface area contributed by atoms with Gasteiger partial charge in [-0.05, 0) is 39.5 Å². The van der Waals surface area contributed by atoms with Gasteiger partial charge in [-0.15, -0.1) is 0 Å². The van der Waals surface area contributed by atoms with Crippen LogP contribution in [0.3, 0.4) is 0 Å². The molecule has 0 aromatic heterocycles. The molecule has 1 aliphatic heterocycles. The highest BCUT2D eigenvalue weighted by molar-refractivity contribution is 6.00. The molecule has 0 radical (unpaired) electrons. The van der Waals surface area contributed by atoms with Crippen LogP contribution in [-0.4, -0.2) is 30.1 Å². The highest BCUT2D eigenvalue weighted by Gasteiger charge is 2.41. The molecule has 1 unspecified atom stereocenters. The molecule has 29 heavy (non-hydrogen) atoms. The topological polar surface area (TPSA) is 108 Å². The van der Waals surface area contributed by atoms with Crippen LogP contribution >= 0.6 is 0 Å². The highest BCUT2D eigenvalue weighted by atomic mass is 16.6. The molecule has 8 heteroatoms. The summed E-state index contributed by atoms with van der Waals surface area (Å²) < 4.78 is 10.6. The first-order valence-corrected chi connectivity index (χ1v) is 9.56. The molecule has 1 N–H and O–H groups in total. The summed E-state index contributed by atoms with van der Waals surface area (Å²) in [5.41, 5.74) is 1.41. The fraction of sp³-hybridized carbons (Fsp3) is 0.429. The van der Waals surface area contributed by atoms with E-state index in [1.807, 2.05) is 0 Å². The lowest BCUT2D eigenvalue weighted by molar-refractivity contribution is -0.385. The van der Waals surface area contributed by atoms with Crippen LogP contribution in [0.4, 0.5) is 5.69 Å². The number of nitro groups is 1. The summed E-state index contributed by atoms with van der Waals surface area (Å²) in [5, 5.41) is 14.7. The molecule has 0 bridgehead atoms. The number of nitrogens with zero attached hydrogens (tertiary/aromatic N) is 1. The van der Waals surface area contributed by atoms with Crippen molar-refractivity contribution in [1.29, 1.82) is 0 Å². The van der Waals surface area contributed by atoms with E-state index in [1.165, 1.54) is 13.2 Å². The van der Waals surface area contributed by atoms with Crippen LogP contribution in [0.25, 0.3) is 0 Å². The van der Waals surface area contributed by atoms with Crippen molar-refractivity contribution in [3.8, 4) is 0 Å². The van der Waals surface area contributed by atoms with Crippen LogP contribution in [0, 0.1) is 10.1 Å². The van der Waals surface area contributed by atoms with Gasteiger partial charge in [0.05, 0.1) is 29.1 Å². The number of carbonyl (C=O) groups excluding carboxylic acids is 2. The third-order valence-electron chi connectivity index (χ3n) is 5.41. The van der Waals surface area contributed by atoms with Gasteiger partial charge in [-0.3, -0.25) is 10.1 Å². The Morgan fingerprint density at radius 2 is 1.66 bits per heavy atom. The minimum absolute atomic E-state index is 0.158. The van der Waals surface area contributed by atoms with Crippen LogP contribution < -0.4 is 5.32 Å². The van der Waals surface area contributed by atoms with E-state index in [9.17, 15) is 19.7 Å². The first-order valence-electron chi connectivity index (χ1n) is 9.56. The fourth-order valence-electron chi connectivity index (χ4n) is 4.08. The van der Waals surface area contributed by atoms with E-state index in [-0.39, 0.29) is 28.5 Å². The molecule has 1 fully saturated rings. The summed E-state index contributed by atoms with van der Waals surface area (Å²) in [6.45, 7) is 3.38. The van der Waals surface area contributed by atoms with Crippen LogP contribution in [0.15, 0.2) is 46.8 Å². The molecule has 1 aromatic carbocycles. The fourth-order valence-corrected chi connectivity index (χ4v) is 4.08. The summed E-state index contributed by atoms with van der Waals surface area (Å²) in [6, 6.07) is 6.10. The standard InChI is InChI=1S/C21H24N2O6/c1-12-17(20(24)28-3)19(15-10-6-7-11-16(15)23(26)27)18(13(2)22-12)21(25)29-14-8-4-5-9-14/h6-7,10-11,14,19,22H,4-5,8-9H2,1-3H3. The Morgan fingerprint density at radius 1 is 1.07 bits per heavy atom. The van der Waals surface area contributed by atoms with Crippen LogP contribution in [0.2, 0.25) is 0 Å². The number of para-hydroxylation sites is 1. The first kappa shape index (κ1) is 20.6. The lowest BCUT2D eigenvalue weighted by atomic mass is 9.79. The van der Waals surface area contributed by atoms with Gasteiger partial charge in [-0.1, -0.05) is 18.2 Å². The second kappa shape index (κ2) is 8.46. The normalized spacial score (nSPS) is 19.8. The Balaban J connectivity index is 2.14. The summed E-state index contributed by atoms with van der Waals surface area (Å²) in [6.07, 6.45) is 3.39. The monoisotopic (exact) mass is 400 g/mol. The van der Waals surface area contributed by atoms with Gasteiger partial charge in [0.25, 0.3) is 5.69 Å². The number of allylic oxidation sites excluding steroid dienone is 2. The predicted molar refractivity (Wildman–Crippen MR) is 105 cm³/mol. The Bertz CT molecular complexity index is 912. The summed E-state index contributed by atoms with van der Waals surface area (Å²) >= 11 is 0. The number of nitro benzene ring substituents is 1. The summed E-state index contributed by atoms with van der Waals surface area (Å²) in [4.78, 5) is 36.9. The van der Waals surface area contributed by atoms with Crippen LogP contribution in [0.1, 0.15) is 51.0 Å². The van der Waals surface area contributed by atoms with Crippen molar-refractivity contribution in [3.05, 3.63) is 62.5 Å². The number of methoxy groups -OCH3 is 1. The number of dihydropyridines is 1. The number of rotatable bonds is 5. The second-order valence-corrected chi connectivity index (χ2v) is 7.25. The Labute approximate surface area is 168 Å². The highest BCUT2D eigenvalue weighted by Crippen LogP contribution is 2.42. The maximum absolute atomic E-state index is 13.1. The van der Waals surface area contributed by atoms with Crippen molar-refractivity contribution in [2.75, 3.05) is 7.11 Å². The van der Waals surface area contributed by atoms with Gasteiger partial charge < -0.3 is 14.8 Å². The van der Waals surface area contributed by atoms with E-state index in [0.29, 0.717) is 11.4 Å². The average Bonchev–Trinajstić information content (AvgIpc) is 3.19. The molecule has 3 rings (SSSR count). The third-order valence-corrected chi connectivity index (χ3v) is 5.41. The van der Waals surface area contributed by atoms with E-state index in [1.54, 1.807) is 32.0 Å². The van der Waals surface area contributed by atoms with Gasteiger partial charge >= 0.3 is 11.9 Å². The molecule has 2 aliphatic rings. The second-order valence-electron chi connectivity index (χ2n) is 7.25. The molecule has 1 atom stereocenters. The SMILES string of the molecule is COC(=O)C1=C(C)NC(C)=C(C(=O)OC2CCCC2)C1c1ccccc1[N+](=O)[O-]. The first-order chi connectivity index (χ1) is 13.8. The maximum Gasteiger partial charge on any atom is 0.337 e. The Kier molecular flexibility index (Phi) is 6.00. The number of benzene rings is 1. The zero-order chi connectivity index (χ0) is 21.1. The lowest BCUT2D eigenvalue weighted by Gasteiger charge is -2.30. The van der Waals surface area contributed by atoms with Crippen LogP contribution in [-0.2, 0) is 19.1 Å². The van der Waals surface area contributed by atoms with Gasteiger partial charge in [0.1, 0.15) is 6.10 Å². The minimum atomic E-state index is -0.959. The quantitative estimate of drug-likeness (QED) is 0.458. The molecule has 1 heterocycles. The zero-order valence-corrected chi connectivity index (χ0v) is 16.7. The largest absolute Gasteiger partial charge is 0.466 e. The molecule has 0 saturated heterocycles. The van der Waals surface area contributed by atoms with Crippen molar-refractivity contribution < 1.29 is 24.0 Å². The molecular weight excluding hydrogens is 376 g/mol. The Hall–Kier alpha value is -3.16. The smallest absolute Gasteiger partial charge is 0.337 e. The van der Waals surface area contributed by atoms with Gasteiger partial charge in [-0.25, -0.2) is 9.59 Å². The number of carbonyl (C=O) groups is 2. The molecule has 154 valence electrons. The van der Waals surface area contributed by atoms with Crippen molar-refractivity contribution in [2.45, 2.75) is 51.6 Å². The van der Waals surface area contributed by atoms with Crippen molar-refractivity contribution in [3.63, 3.8) is 0 Å². The number of hydrogen-bond acceptors (Lipinski definition) is 7. The van der Waals surface area contributed by atoms with E-state index in [4.69, 9.17) is 9.47 Å². The molecular formula is C21H24N2O6. The van der Waals surface area contributed by atoms with E-state index < -0.39 is 22.8 Å². The minimum Gasteiger partial charge on any atom is -0.466 e. The number of nitrogens with one attached hydrogen (secondary N) is 1. The van der Waals surface area contributed by atoms with E-state index in [0.717, 1.165) is 25.7 Å². The van der Waals surface area contributed by atoms with Gasteiger partial charge in [0.2, 0.25) is 0 Å². The van der Waals surface area contributed by atoms with Gasteiger partial charge in [0.15, 0.2) is 0 Å². The molecule has 1 aromatic rings. The molecule has 1 aliphatic carbocycles. The van der Waals surface area contributed by atoms with Crippen molar-refractivity contribution in [1.82, 2.24) is 5.32 Å². The number of ether oxygens (including phenoxy) is 2. The number of esters is 2. The van der Waals surface area contributed by atoms with Crippen molar-refractivity contribution >= 4 is 17.6 Å². The summed E-state index contributed by atoms with van der Waals surface area (Å²) in [5.74, 6) is -2.19. The average molecular weight is 400 g/mol. The van der Waals surface area contributed by atoms with E-state index in [2.05, 4.69) is 5.32 Å². The van der Waals surface area contributed by atoms with Crippen molar-refractivity contribution in [2.24, 2.45) is 0 Å².